The van der Waals surface area contributed by atoms with Crippen LogP contribution in [0.3, 0.4) is 0 Å². The molecule has 0 atom stereocenters. The van der Waals surface area contributed by atoms with Gasteiger partial charge >= 0.3 is 0 Å². The third-order valence-corrected chi connectivity index (χ3v) is 5.29. The van der Waals surface area contributed by atoms with E-state index < -0.39 is 10.8 Å². The van der Waals surface area contributed by atoms with Gasteiger partial charge in [0.05, 0.1) is 21.7 Å². The second-order valence-corrected chi connectivity index (χ2v) is 8.27. The van der Waals surface area contributed by atoms with E-state index in [4.69, 9.17) is 32.7 Å². The topological polar surface area (TPSA) is 109 Å². The number of nitro groups is 1. The van der Waals surface area contributed by atoms with Crippen LogP contribution in [0.5, 0.6) is 17.2 Å². The Balaban J connectivity index is 1.46. The van der Waals surface area contributed by atoms with Gasteiger partial charge in [0.25, 0.3) is 11.6 Å². The van der Waals surface area contributed by atoms with Crippen LogP contribution in [0.4, 0.5) is 11.4 Å². The molecule has 0 aliphatic carbocycles. The zero-order chi connectivity index (χ0) is 24.9. The smallest absolute Gasteiger partial charge is 0.276 e. The van der Waals surface area contributed by atoms with Crippen LogP contribution < -0.4 is 14.8 Å². The quantitative estimate of drug-likeness (QED) is 0.213. The zero-order valence-electron chi connectivity index (χ0n) is 18.3. The number of carbonyl (C=O) groups excluding carboxylic acids is 1. The summed E-state index contributed by atoms with van der Waals surface area (Å²) in [6.45, 7) is 1.95. The van der Waals surface area contributed by atoms with E-state index in [2.05, 4.69) is 10.4 Å². The summed E-state index contributed by atoms with van der Waals surface area (Å²) in [6.07, 6.45) is 1.57. The van der Waals surface area contributed by atoms with Crippen LogP contribution in [0.15, 0.2) is 72.9 Å². The molecule has 0 spiro atoms. The number of rotatable bonds is 8. The Morgan fingerprint density at radius 1 is 1.06 bits per heavy atom. The summed E-state index contributed by atoms with van der Waals surface area (Å²) in [5, 5.41) is 19.2. The Morgan fingerprint density at radius 3 is 2.57 bits per heavy atom. The number of hydrogen-bond acceptors (Lipinski definition) is 6. The number of anilines is 1. The fourth-order valence-electron chi connectivity index (χ4n) is 3.07. The van der Waals surface area contributed by atoms with Gasteiger partial charge < -0.3 is 14.8 Å². The first kappa shape index (κ1) is 24.1. The van der Waals surface area contributed by atoms with E-state index in [1.54, 1.807) is 42.6 Å². The van der Waals surface area contributed by atoms with Crippen LogP contribution in [-0.4, -0.2) is 20.6 Å². The van der Waals surface area contributed by atoms with Crippen molar-refractivity contribution < 1.29 is 19.2 Å². The molecular formula is C24H18Cl2N4O5. The average molecular weight is 513 g/mol. The predicted octanol–water partition coefficient (Wildman–Crippen LogP) is 6.49. The lowest BCUT2D eigenvalue weighted by Gasteiger charge is -2.09. The normalized spacial score (nSPS) is 10.6. The minimum absolute atomic E-state index is 0.0341. The minimum Gasteiger partial charge on any atom is -0.470 e. The Morgan fingerprint density at radius 2 is 1.83 bits per heavy atom. The van der Waals surface area contributed by atoms with E-state index in [9.17, 15) is 14.9 Å². The first-order valence-corrected chi connectivity index (χ1v) is 11.0. The monoisotopic (exact) mass is 512 g/mol. The van der Waals surface area contributed by atoms with Crippen molar-refractivity contribution in [1.29, 1.82) is 0 Å². The summed E-state index contributed by atoms with van der Waals surface area (Å²) in [5.74, 6) is 0.540. The Bertz CT molecular complexity index is 1390. The van der Waals surface area contributed by atoms with Gasteiger partial charge in [0.15, 0.2) is 12.4 Å². The summed E-state index contributed by atoms with van der Waals surface area (Å²) in [6, 6.07) is 17.4. The number of hydrogen-bond donors (Lipinski definition) is 1. The van der Waals surface area contributed by atoms with E-state index in [1.807, 2.05) is 13.0 Å². The van der Waals surface area contributed by atoms with Crippen molar-refractivity contribution in [3.05, 3.63) is 104 Å². The molecule has 0 bridgehead atoms. The molecule has 0 aliphatic heterocycles. The van der Waals surface area contributed by atoms with Gasteiger partial charge in [-0.15, -0.1) is 0 Å². The van der Waals surface area contributed by atoms with Crippen LogP contribution in [0.2, 0.25) is 10.0 Å². The van der Waals surface area contributed by atoms with Crippen molar-refractivity contribution in [2.75, 3.05) is 5.32 Å². The molecule has 1 heterocycles. The molecule has 1 N–H and O–H groups in total. The maximum Gasteiger partial charge on any atom is 0.276 e. The molecule has 4 aromatic rings. The van der Waals surface area contributed by atoms with Gasteiger partial charge in [-0.25, -0.2) is 4.68 Å². The number of nitrogens with zero attached hydrogens (tertiary/aromatic N) is 3. The van der Waals surface area contributed by atoms with Crippen LogP contribution in [0.1, 0.15) is 16.1 Å². The third kappa shape index (κ3) is 6.28. The Labute approximate surface area is 210 Å². The average Bonchev–Trinajstić information content (AvgIpc) is 3.30. The molecule has 4 rings (SSSR count). The largest absolute Gasteiger partial charge is 0.470 e. The lowest BCUT2D eigenvalue weighted by Crippen LogP contribution is -2.14. The fourth-order valence-corrected chi connectivity index (χ4v) is 3.36. The van der Waals surface area contributed by atoms with Crippen LogP contribution in [-0.2, 0) is 6.73 Å². The number of benzene rings is 3. The highest BCUT2D eigenvalue weighted by Gasteiger charge is 2.16. The number of aromatic nitrogens is 2. The molecule has 1 aromatic heterocycles. The van der Waals surface area contributed by atoms with Crippen molar-refractivity contribution in [1.82, 2.24) is 9.78 Å². The summed E-state index contributed by atoms with van der Waals surface area (Å²) < 4.78 is 12.8. The van der Waals surface area contributed by atoms with Crippen LogP contribution >= 0.6 is 23.2 Å². The first-order chi connectivity index (χ1) is 16.8. The number of halogens is 2. The molecule has 0 aliphatic rings. The van der Waals surface area contributed by atoms with Gasteiger partial charge in [0, 0.05) is 23.4 Å². The highest BCUT2D eigenvalue weighted by molar-refractivity contribution is 6.32. The van der Waals surface area contributed by atoms with Gasteiger partial charge in [0.2, 0.25) is 0 Å². The maximum atomic E-state index is 12.7. The van der Waals surface area contributed by atoms with Gasteiger partial charge in [-0.05, 0) is 55.0 Å². The fraction of sp³-hybridized carbons (Fsp3) is 0.0833. The van der Waals surface area contributed by atoms with E-state index in [1.165, 1.54) is 28.9 Å². The number of non-ortho nitro benzene ring substituents is 1. The number of nitrogens with one attached hydrogen (secondary N) is 1. The molecule has 3 aromatic carbocycles. The molecule has 0 unspecified atom stereocenters. The number of amides is 1. The van der Waals surface area contributed by atoms with Crippen LogP contribution in [0.25, 0.3) is 0 Å². The highest BCUT2D eigenvalue weighted by atomic mass is 35.5. The second kappa shape index (κ2) is 10.5. The number of nitro benzene ring substituents is 1. The van der Waals surface area contributed by atoms with Gasteiger partial charge in [0.1, 0.15) is 17.2 Å². The van der Waals surface area contributed by atoms with Gasteiger partial charge in [-0.2, -0.15) is 5.10 Å². The second-order valence-electron chi connectivity index (χ2n) is 7.43. The van der Waals surface area contributed by atoms with Crippen molar-refractivity contribution in [2.24, 2.45) is 0 Å². The molecule has 178 valence electrons. The van der Waals surface area contributed by atoms with Crippen molar-refractivity contribution >= 4 is 40.5 Å². The number of aryl methyl sites for hydroxylation is 1. The molecular weight excluding hydrogens is 495 g/mol. The summed E-state index contributed by atoms with van der Waals surface area (Å²) in [7, 11) is 0. The first-order valence-electron chi connectivity index (χ1n) is 10.2. The third-order valence-electron chi connectivity index (χ3n) is 4.72. The molecule has 0 fully saturated rings. The summed E-state index contributed by atoms with van der Waals surface area (Å²) in [4.78, 5) is 23.5. The van der Waals surface area contributed by atoms with E-state index in [0.29, 0.717) is 21.5 Å². The summed E-state index contributed by atoms with van der Waals surface area (Å²) >= 11 is 12.0. The molecule has 0 saturated carbocycles. The molecule has 9 nitrogen and oxygen atoms in total. The van der Waals surface area contributed by atoms with E-state index >= 15 is 0 Å². The SMILES string of the molecule is Cc1ccc(Cl)c(OCn2ccc(C(=O)Nc3cc(Oc4ccc(Cl)cc4)cc([N+](=O)[O-])c3)n2)c1. The van der Waals surface area contributed by atoms with Gasteiger partial charge in [-0.1, -0.05) is 29.3 Å². The molecule has 0 radical (unpaired) electrons. The van der Waals surface area contributed by atoms with Crippen molar-refractivity contribution in [3.63, 3.8) is 0 Å². The standard InChI is InChI=1S/C24H18Cl2N4O5/c1-15-2-7-21(26)23(10-15)34-14-29-9-8-22(28-29)24(31)27-17-11-18(30(32)33)13-20(12-17)35-19-5-3-16(25)4-6-19/h2-13H,14H2,1H3,(H,27,31). The molecule has 0 saturated heterocycles. The minimum atomic E-state index is -0.577. The van der Waals surface area contributed by atoms with Gasteiger partial charge in [-0.3, -0.25) is 14.9 Å². The lowest BCUT2D eigenvalue weighted by molar-refractivity contribution is -0.384. The number of carbonyl (C=O) groups is 1. The molecule has 11 heteroatoms. The molecule has 1 amide bonds. The van der Waals surface area contributed by atoms with Crippen LogP contribution in [0, 0.1) is 17.0 Å². The lowest BCUT2D eigenvalue weighted by atomic mass is 10.2. The van der Waals surface area contributed by atoms with Crippen molar-refractivity contribution in [2.45, 2.75) is 13.7 Å². The maximum absolute atomic E-state index is 12.7. The Kier molecular flexibility index (Phi) is 7.19. The Hall–Kier alpha value is -4.08. The molecule has 35 heavy (non-hydrogen) atoms. The zero-order valence-corrected chi connectivity index (χ0v) is 19.8. The van der Waals surface area contributed by atoms with E-state index in [0.717, 1.165) is 5.56 Å². The van der Waals surface area contributed by atoms with Crippen molar-refractivity contribution in [3.8, 4) is 17.2 Å². The summed E-state index contributed by atoms with van der Waals surface area (Å²) in [5.41, 5.74) is 1.00. The van der Waals surface area contributed by atoms with E-state index in [-0.39, 0.29) is 29.5 Å². The number of ether oxygens (including phenoxy) is 2. The highest BCUT2D eigenvalue weighted by Crippen LogP contribution is 2.30. The predicted molar refractivity (Wildman–Crippen MR) is 132 cm³/mol.